The van der Waals surface area contributed by atoms with Crippen LogP contribution in [-0.2, 0) is 11.2 Å². The van der Waals surface area contributed by atoms with Crippen molar-refractivity contribution >= 4 is 17.5 Å². The first-order valence-electron chi connectivity index (χ1n) is 9.74. The smallest absolute Gasteiger partial charge is 0.241 e. The summed E-state index contributed by atoms with van der Waals surface area (Å²) in [6.07, 6.45) is 6.74. The van der Waals surface area contributed by atoms with Crippen LogP contribution in [0.1, 0.15) is 24.0 Å². The fraction of sp³-hybridized carbons (Fsp3) is 0.476. The second kappa shape index (κ2) is 7.64. The van der Waals surface area contributed by atoms with E-state index in [1.54, 1.807) is 0 Å². The SMILES string of the molecule is Cc1cnc(N(C)C2CCN(CC(=O)N3CCc4ccccc43)CC2)nc1. The minimum Gasteiger partial charge on any atom is -0.341 e. The summed E-state index contributed by atoms with van der Waals surface area (Å²) in [6.45, 7) is 5.18. The van der Waals surface area contributed by atoms with Crippen molar-refractivity contribution in [3.8, 4) is 0 Å². The number of hydrogen-bond donors (Lipinski definition) is 0. The molecule has 1 saturated heterocycles. The van der Waals surface area contributed by atoms with Crippen molar-refractivity contribution in [3.05, 3.63) is 47.8 Å². The molecule has 2 aromatic rings. The molecule has 6 nitrogen and oxygen atoms in total. The van der Waals surface area contributed by atoms with Crippen LogP contribution in [0.15, 0.2) is 36.7 Å². The predicted octanol–water partition coefficient (Wildman–Crippen LogP) is 2.27. The van der Waals surface area contributed by atoms with E-state index in [2.05, 4.69) is 38.9 Å². The molecule has 3 heterocycles. The summed E-state index contributed by atoms with van der Waals surface area (Å²) in [5, 5.41) is 0. The summed E-state index contributed by atoms with van der Waals surface area (Å²) in [5.41, 5.74) is 3.45. The van der Waals surface area contributed by atoms with Crippen molar-refractivity contribution in [2.24, 2.45) is 0 Å². The number of para-hydroxylation sites is 1. The predicted molar refractivity (Wildman–Crippen MR) is 107 cm³/mol. The number of carbonyl (C=O) groups excluding carboxylic acids is 1. The van der Waals surface area contributed by atoms with Crippen LogP contribution in [0.3, 0.4) is 0 Å². The summed E-state index contributed by atoms with van der Waals surface area (Å²) in [6, 6.07) is 8.66. The monoisotopic (exact) mass is 365 g/mol. The van der Waals surface area contributed by atoms with Gasteiger partial charge in [0.05, 0.1) is 6.54 Å². The van der Waals surface area contributed by atoms with Crippen LogP contribution >= 0.6 is 0 Å². The van der Waals surface area contributed by atoms with Gasteiger partial charge in [-0.15, -0.1) is 0 Å². The van der Waals surface area contributed by atoms with Gasteiger partial charge in [0.2, 0.25) is 11.9 Å². The molecule has 0 saturated carbocycles. The van der Waals surface area contributed by atoms with E-state index in [-0.39, 0.29) is 5.91 Å². The van der Waals surface area contributed by atoms with E-state index < -0.39 is 0 Å². The van der Waals surface area contributed by atoms with Crippen LogP contribution in [0.4, 0.5) is 11.6 Å². The molecule has 1 amide bonds. The number of nitrogens with zero attached hydrogens (tertiary/aromatic N) is 5. The minimum absolute atomic E-state index is 0.216. The maximum absolute atomic E-state index is 12.8. The Hall–Kier alpha value is -2.47. The molecule has 6 heteroatoms. The first kappa shape index (κ1) is 17.9. The zero-order valence-corrected chi connectivity index (χ0v) is 16.1. The number of benzene rings is 1. The number of hydrogen-bond acceptors (Lipinski definition) is 5. The molecule has 1 aromatic carbocycles. The van der Waals surface area contributed by atoms with Gasteiger partial charge in [-0.3, -0.25) is 9.69 Å². The normalized spacial score (nSPS) is 17.8. The lowest BCUT2D eigenvalue weighted by molar-refractivity contribution is -0.119. The zero-order valence-electron chi connectivity index (χ0n) is 16.1. The molecule has 0 radical (unpaired) electrons. The molecular formula is C21H27N5O. The largest absolute Gasteiger partial charge is 0.341 e. The van der Waals surface area contributed by atoms with Crippen LogP contribution in [0, 0.1) is 6.92 Å². The molecule has 2 aliphatic heterocycles. The number of fused-ring (bicyclic) bond motifs is 1. The lowest BCUT2D eigenvalue weighted by Crippen LogP contribution is -2.47. The molecule has 27 heavy (non-hydrogen) atoms. The minimum atomic E-state index is 0.216. The molecule has 0 bridgehead atoms. The highest BCUT2D eigenvalue weighted by Gasteiger charge is 2.28. The van der Waals surface area contributed by atoms with Gasteiger partial charge < -0.3 is 9.80 Å². The third-order valence-corrected chi connectivity index (χ3v) is 5.73. The van der Waals surface area contributed by atoms with E-state index in [0.29, 0.717) is 12.6 Å². The lowest BCUT2D eigenvalue weighted by Gasteiger charge is -2.36. The maximum Gasteiger partial charge on any atom is 0.241 e. The van der Waals surface area contributed by atoms with E-state index in [1.165, 1.54) is 5.56 Å². The van der Waals surface area contributed by atoms with Gasteiger partial charge in [-0.2, -0.15) is 0 Å². The Labute approximate surface area is 160 Å². The average Bonchev–Trinajstić information content (AvgIpc) is 3.13. The van der Waals surface area contributed by atoms with Gasteiger partial charge >= 0.3 is 0 Å². The number of rotatable bonds is 4. The Morgan fingerprint density at radius 1 is 1.15 bits per heavy atom. The summed E-state index contributed by atoms with van der Waals surface area (Å²) in [4.78, 5) is 28.1. The van der Waals surface area contributed by atoms with Crippen molar-refractivity contribution in [2.75, 3.05) is 43.0 Å². The standard InChI is InChI=1S/C21H27N5O/c1-16-13-22-21(23-14-16)24(2)18-8-10-25(11-9-18)15-20(27)26-12-7-17-5-3-4-6-19(17)26/h3-6,13-14,18H,7-12,15H2,1-2H3. The number of amides is 1. The highest BCUT2D eigenvalue weighted by molar-refractivity contribution is 5.96. The van der Waals surface area contributed by atoms with E-state index in [0.717, 1.165) is 56.1 Å². The molecular weight excluding hydrogens is 338 g/mol. The van der Waals surface area contributed by atoms with Crippen molar-refractivity contribution in [2.45, 2.75) is 32.2 Å². The molecule has 0 spiro atoms. The Morgan fingerprint density at radius 3 is 2.59 bits per heavy atom. The summed E-state index contributed by atoms with van der Waals surface area (Å²) >= 11 is 0. The van der Waals surface area contributed by atoms with Gasteiger partial charge in [0.1, 0.15) is 0 Å². The van der Waals surface area contributed by atoms with Crippen LogP contribution in [0.25, 0.3) is 0 Å². The molecule has 0 atom stereocenters. The molecule has 0 aliphatic carbocycles. The molecule has 2 aliphatic rings. The average molecular weight is 365 g/mol. The van der Waals surface area contributed by atoms with E-state index in [1.807, 2.05) is 36.4 Å². The Morgan fingerprint density at radius 2 is 1.85 bits per heavy atom. The van der Waals surface area contributed by atoms with Crippen molar-refractivity contribution in [1.29, 1.82) is 0 Å². The molecule has 4 rings (SSSR count). The van der Waals surface area contributed by atoms with Gasteiger partial charge in [-0.25, -0.2) is 9.97 Å². The number of likely N-dealkylation sites (tertiary alicyclic amines) is 1. The number of anilines is 2. The maximum atomic E-state index is 12.8. The first-order chi connectivity index (χ1) is 13.1. The summed E-state index contributed by atoms with van der Waals surface area (Å²) in [5.74, 6) is 0.998. The number of carbonyl (C=O) groups is 1. The fourth-order valence-corrected chi connectivity index (χ4v) is 4.07. The van der Waals surface area contributed by atoms with Gasteiger partial charge in [0.15, 0.2) is 0 Å². The summed E-state index contributed by atoms with van der Waals surface area (Å²) in [7, 11) is 2.07. The van der Waals surface area contributed by atoms with E-state index >= 15 is 0 Å². The Kier molecular flexibility index (Phi) is 5.07. The Bertz CT molecular complexity index is 798. The highest BCUT2D eigenvalue weighted by Crippen LogP contribution is 2.28. The molecule has 1 fully saturated rings. The van der Waals surface area contributed by atoms with Crippen LogP contribution in [0.5, 0.6) is 0 Å². The van der Waals surface area contributed by atoms with E-state index in [9.17, 15) is 4.79 Å². The van der Waals surface area contributed by atoms with Gasteiger partial charge in [0.25, 0.3) is 0 Å². The second-order valence-corrected chi connectivity index (χ2v) is 7.60. The molecule has 0 N–H and O–H groups in total. The third-order valence-electron chi connectivity index (χ3n) is 5.73. The van der Waals surface area contributed by atoms with Crippen LogP contribution < -0.4 is 9.80 Å². The number of aromatic nitrogens is 2. The molecule has 142 valence electrons. The van der Waals surface area contributed by atoms with E-state index in [4.69, 9.17) is 0 Å². The third kappa shape index (κ3) is 3.81. The second-order valence-electron chi connectivity index (χ2n) is 7.60. The quantitative estimate of drug-likeness (QED) is 0.832. The zero-order chi connectivity index (χ0) is 18.8. The number of piperidine rings is 1. The van der Waals surface area contributed by atoms with Crippen molar-refractivity contribution < 1.29 is 4.79 Å². The summed E-state index contributed by atoms with van der Waals surface area (Å²) < 4.78 is 0. The van der Waals surface area contributed by atoms with Gasteiger partial charge in [-0.1, -0.05) is 18.2 Å². The lowest BCUT2D eigenvalue weighted by atomic mass is 10.0. The Balaban J connectivity index is 1.31. The van der Waals surface area contributed by atoms with Crippen molar-refractivity contribution in [1.82, 2.24) is 14.9 Å². The molecule has 0 unspecified atom stereocenters. The first-order valence-corrected chi connectivity index (χ1v) is 9.74. The van der Waals surface area contributed by atoms with Crippen LogP contribution in [0.2, 0.25) is 0 Å². The molecule has 1 aromatic heterocycles. The van der Waals surface area contributed by atoms with Gasteiger partial charge in [0, 0.05) is 50.8 Å². The fourth-order valence-electron chi connectivity index (χ4n) is 4.07. The highest BCUT2D eigenvalue weighted by atomic mass is 16.2. The van der Waals surface area contributed by atoms with Crippen molar-refractivity contribution in [3.63, 3.8) is 0 Å². The van der Waals surface area contributed by atoms with Crippen LogP contribution in [-0.4, -0.2) is 60.0 Å². The number of aryl methyl sites for hydroxylation is 1. The van der Waals surface area contributed by atoms with Gasteiger partial charge in [-0.05, 0) is 43.4 Å². The topological polar surface area (TPSA) is 52.6 Å².